The zero-order valence-electron chi connectivity index (χ0n) is 12.9. The zero-order valence-corrected chi connectivity index (χ0v) is 12.9. The van der Waals surface area contributed by atoms with Crippen LogP contribution in [-0.4, -0.2) is 42.1 Å². The van der Waals surface area contributed by atoms with Crippen LogP contribution in [0.25, 0.3) is 0 Å². The highest BCUT2D eigenvalue weighted by molar-refractivity contribution is 5.74. The average molecular weight is 290 g/mol. The molecule has 2 rings (SSSR count). The summed E-state index contributed by atoms with van der Waals surface area (Å²) in [6.45, 7) is 5.11. The van der Waals surface area contributed by atoms with Gasteiger partial charge in [-0.3, -0.25) is 0 Å². The number of anilines is 1. The summed E-state index contributed by atoms with van der Waals surface area (Å²) < 4.78 is 0. The second kappa shape index (κ2) is 8.49. The van der Waals surface area contributed by atoms with Crippen LogP contribution in [-0.2, 0) is 0 Å². The smallest absolute Gasteiger partial charge is 0.317 e. The summed E-state index contributed by atoms with van der Waals surface area (Å²) in [4.78, 5) is 18.3. The van der Waals surface area contributed by atoms with Crippen molar-refractivity contribution in [1.82, 2.24) is 15.2 Å². The van der Waals surface area contributed by atoms with Gasteiger partial charge < -0.3 is 15.5 Å². The fourth-order valence-corrected chi connectivity index (χ4v) is 2.58. The maximum atomic E-state index is 12.1. The molecule has 1 fully saturated rings. The molecule has 0 spiro atoms. The third kappa shape index (κ3) is 5.25. The number of pyridine rings is 1. The Morgan fingerprint density at radius 1 is 1.19 bits per heavy atom. The van der Waals surface area contributed by atoms with E-state index in [1.54, 1.807) is 6.20 Å². The maximum absolute atomic E-state index is 12.1. The number of nitrogens with zero attached hydrogens (tertiary/aromatic N) is 2. The van der Waals surface area contributed by atoms with Crippen LogP contribution in [0.15, 0.2) is 18.3 Å². The Balaban J connectivity index is 1.67. The summed E-state index contributed by atoms with van der Waals surface area (Å²) in [5, 5.41) is 6.24. The molecule has 1 aromatic heterocycles. The van der Waals surface area contributed by atoms with E-state index in [-0.39, 0.29) is 6.03 Å². The average Bonchev–Trinajstić information content (AvgIpc) is 2.44. The van der Waals surface area contributed by atoms with Crippen molar-refractivity contribution in [2.45, 2.75) is 39.0 Å². The van der Waals surface area contributed by atoms with Gasteiger partial charge >= 0.3 is 6.03 Å². The maximum Gasteiger partial charge on any atom is 0.317 e. The Morgan fingerprint density at radius 2 is 1.90 bits per heavy atom. The first-order valence-corrected chi connectivity index (χ1v) is 7.95. The minimum atomic E-state index is 0.0662. The molecule has 1 aromatic rings. The van der Waals surface area contributed by atoms with E-state index in [4.69, 9.17) is 0 Å². The van der Waals surface area contributed by atoms with E-state index in [0.717, 1.165) is 37.3 Å². The SMILES string of the molecule is Cc1cccnc1NCCNC(=O)N1CCCCCCC1. The number of amides is 2. The molecular formula is C16H26N4O. The van der Waals surface area contributed by atoms with Gasteiger partial charge in [-0.05, 0) is 31.4 Å². The molecule has 0 bridgehead atoms. The second-order valence-electron chi connectivity index (χ2n) is 5.58. The fourth-order valence-electron chi connectivity index (χ4n) is 2.58. The fraction of sp³-hybridized carbons (Fsp3) is 0.625. The van der Waals surface area contributed by atoms with Crippen molar-refractivity contribution in [3.8, 4) is 0 Å². The molecule has 1 aliphatic heterocycles. The predicted octanol–water partition coefficient (Wildman–Crippen LogP) is 2.78. The number of rotatable bonds is 4. The van der Waals surface area contributed by atoms with Crippen LogP contribution >= 0.6 is 0 Å². The van der Waals surface area contributed by atoms with E-state index in [1.807, 2.05) is 24.0 Å². The number of carbonyl (C=O) groups excluding carboxylic acids is 1. The number of hydrogen-bond acceptors (Lipinski definition) is 3. The van der Waals surface area contributed by atoms with Crippen LogP contribution < -0.4 is 10.6 Å². The summed E-state index contributed by atoms with van der Waals surface area (Å²) in [6, 6.07) is 4.01. The summed E-state index contributed by atoms with van der Waals surface area (Å²) >= 11 is 0. The Hall–Kier alpha value is -1.78. The Bertz CT molecular complexity index is 442. The monoisotopic (exact) mass is 290 g/mol. The summed E-state index contributed by atoms with van der Waals surface area (Å²) in [5.41, 5.74) is 1.12. The summed E-state index contributed by atoms with van der Waals surface area (Å²) in [6.07, 6.45) is 7.81. The van der Waals surface area contributed by atoms with Crippen LogP contribution in [0.5, 0.6) is 0 Å². The highest BCUT2D eigenvalue weighted by atomic mass is 16.2. The van der Waals surface area contributed by atoms with Gasteiger partial charge in [-0.2, -0.15) is 0 Å². The standard InChI is InChI=1S/C16H26N4O/c1-14-8-7-9-17-15(14)18-10-11-19-16(21)20-12-5-3-2-4-6-13-20/h7-9H,2-6,10-13H2,1H3,(H,17,18)(H,19,21). The van der Waals surface area contributed by atoms with Gasteiger partial charge in [-0.25, -0.2) is 9.78 Å². The highest BCUT2D eigenvalue weighted by Gasteiger charge is 2.13. The summed E-state index contributed by atoms with van der Waals surface area (Å²) in [7, 11) is 0. The van der Waals surface area contributed by atoms with Gasteiger partial charge in [0, 0.05) is 32.4 Å². The second-order valence-corrected chi connectivity index (χ2v) is 5.58. The molecule has 2 amide bonds. The molecule has 2 N–H and O–H groups in total. The van der Waals surface area contributed by atoms with Crippen molar-refractivity contribution in [3.05, 3.63) is 23.9 Å². The Morgan fingerprint density at radius 3 is 2.62 bits per heavy atom. The van der Waals surface area contributed by atoms with Crippen molar-refractivity contribution in [3.63, 3.8) is 0 Å². The van der Waals surface area contributed by atoms with Crippen LogP contribution in [0.4, 0.5) is 10.6 Å². The lowest BCUT2D eigenvalue weighted by Crippen LogP contribution is -2.43. The number of likely N-dealkylation sites (tertiary alicyclic amines) is 1. The number of hydrogen-bond donors (Lipinski definition) is 2. The molecule has 116 valence electrons. The molecule has 0 atom stereocenters. The first-order chi connectivity index (χ1) is 10.3. The number of carbonyl (C=O) groups is 1. The number of urea groups is 1. The molecule has 5 nitrogen and oxygen atoms in total. The molecule has 2 heterocycles. The lowest BCUT2D eigenvalue weighted by Gasteiger charge is -2.25. The van der Waals surface area contributed by atoms with Crippen molar-refractivity contribution < 1.29 is 4.79 Å². The topological polar surface area (TPSA) is 57.3 Å². The molecule has 0 saturated carbocycles. The molecule has 21 heavy (non-hydrogen) atoms. The molecule has 0 radical (unpaired) electrons. The number of aromatic nitrogens is 1. The van der Waals surface area contributed by atoms with E-state index in [0.29, 0.717) is 13.1 Å². The number of aryl methyl sites for hydroxylation is 1. The number of nitrogens with one attached hydrogen (secondary N) is 2. The van der Waals surface area contributed by atoms with E-state index < -0.39 is 0 Å². The minimum absolute atomic E-state index is 0.0662. The third-order valence-corrected chi connectivity index (χ3v) is 3.85. The van der Waals surface area contributed by atoms with Gasteiger partial charge in [0.1, 0.15) is 5.82 Å². The quantitative estimate of drug-likeness (QED) is 0.838. The molecule has 0 aromatic carbocycles. The van der Waals surface area contributed by atoms with Crippen molar-refractivity contribution >= 4 is 11.8 Å². The van der Waals surface area contributed by atoms with Gasteiger partial charge in [-0.15, -0.1) is 0 Å². The lowest BCUT2D eigenvalue weighted by molar-refractivity contribution is 0.192. The van der Waals surface area contributed by atoms with Gasteiger partial charge in [0.15, 0.2) is 0 Å². The van der Waals surface area contributed by atoms with Crippen LogP contribution in [0.2, 0.25) is 0 Å². The molecule has 5 heteroatoms. The van der Waals surface area contributed by atoms with Gasteiger partial charge in [-0.1, -0.05) is 25.3 Å². The molecule has 0 aliphatic carbocycles. The predicted molar refractivity (Wildman–Crippen MR) is 85.5 cm³/mol. The molecular weight excluding hydrogens is 264 g/mol. The van der Waals surface area contributed by atoms with Crippen LogP contribution in [0.3, 0.4) is 0 Å². The van der Waals surface area contributed by atoms with Gasteiger partial charge in [0.05, 0.1) is 0 Å². The zero-order chi connectivity index (χ0) is 14.9. The van der Waals surface area contributed by atoms with E-state index >= 15 is 0 Å². The van der Waals surface area contributed by atoms with Crippen LogP contribution in [0, 0.1) is 6.92 Å². The summed E-state index contributed by atoms with van der Waals surface area (Å²) in [5.74, 6) is 0.887. The highest BCUT2D eigenvalue weighted by Crippen LogP contribution is 2.10. The largest absolute Gasteiger partial charge is 0.368 e. The van der Waals surface area contributed by atoms with E-state index in [1.165, 1.54) is 19.3 Å². The first kappa shape index (κ1) is 15.6. The minimum Gasteiger partial charge on any atom is -0.368 e. The van der Waals surface area contributed by atoms with Crippen molar-refractivity contribution in [2.75, 3.05) is 31.5 Å². The van der Waals surface area contributed by atoms with E-state index in [9.17, 15) is 4.79 Å². The normalized spacial score (nSPS) is 16.0. The van der Waals surface area contributed by atoms with Crippen molar-refractivity contribution in [1.29, 1.82) is 0 Å². The van der Waals surface area contributed by atoms with Crippen molar-refractivity contribution in [2.24, 2.45) is 0 Å². The van der Waals surface area contributed by atoms with E-state index in [2.05, 4.69) is 15.6 Å². The Kier molecular flexibility index (Phi) is 6.31. The van der Waals surface area contributed by atoms with Crippen LogP contribution in [0.1, 0.15) is 37.7 Å². The molecule has 1 aliphatic rings. The third-order valence-electron chi connectivity index (χ3n) is 3.85. The Labute approximate surface area is 127 Å². The molecule has 0 unspecified atom stereocenters. The van der Waals surface area contributed by atoms with Gasteiger partial charge in [0.25, 0.3) is 0 Å². The lowest BCUT2D eigenvalue weighted by atomic mass is 10.1. The van der Waals surface area contributed by atoms with Gasteiger partial charge in [0.2, 0.25) is 0 Å². The first-order valence-electron chi connectivity index (χ1n) is 7.95. The molecule has 1 saturated heterocycles.